The molecule has 0 bridgehead atoms. The van der Waals surface area contributed by atoms with E-state index in [4.69, 9.17) is 0 Å². The van der Waals surface area contributed by atoms with Crippen LogP contribution < -0.4 is 10.6 Å². The third kappa shape index (κ3) is 5.13. The molecule has 0 aliphatic rings. The quantitative estimate of drug-likeness (QED) is 0.634. The van der Waals surface area contributed by atoms with Crippen molar-refractivity contribution in [2.45, 2.75) is 32.7 Å². The average molecular weight is 323 g/mol. The van der Waals surface area contributed by atoms with Crippen LogP contribution in [0.25, 0.3) is 0 Å². The summed E-state index contributed by atoms with van der Waals surface area (Å²) in [6.07, 6.45) is 1.02. The fourth-order valence-electron chi connectivity index (χ4n) is 1.81. The van der Waals surface area contributed by atoms with E-state index in [1.807, 2.05) is 0 Å². The Morgan fingerprint density at radius 3 is 2.81 bits per heavy atom. The van der Waals surface area contributed by atoms with Gasteiger partial charge >= 0.3 is 0 Å². The van der Waals surface area contributed by atoms with Crippen molar-refractivity contribution in [3.63, 3.8) is 0 Å². The molecule has 0 unspecified atom stereocenters. The van der Waals surface area contributed by atoms with E-state index in [1.54, 1.807) is 29.7 Å². The van der Waals surface area contributed by atoms with E-state index in [0.717, 1.165) is 36.2 Å². The second-order valence-electron chi connectivity index (χ2n) is 5.00. The van der Waals surface area contributed by atoms with Gasteiger partial charge in [0.15, 0.2) is 5.96 Å². The van der Waals surface area contributed by atoms with Crippen molar-refractivity contribution in [1.82, 2.24) is 15.6 Å². The first-order chi connectivity index (χ1) is 10.2. The number of thiophene rings is 1. The maximum Gasteiger partial charge on any atom is 0.191 e. The van der Waals surface area contributed by atoms with Gasteiger partial charge in [0.25, 0.3) is 0 Å². The number of rotatable bonds is 6. The van der Waals surface area contributed by atoms with E-state index in [-0.39, 0.29) is 0 Å². The van der Waals surface area contributed by atoms with Crippen molar-refractivity contribution in [1.29, 1.82) is 0 Å². The molecule has 2 aromatic rings. The fraction of sp³-hybridized carbons (Fsp3) is 0.467. The van der Waals surface area contributed by atoms with Crippen LogP contribution in [0, 0.1) is 0 Å². The van der Waals surface area contributed by atoms with Crippen molar-refractivity contribution in [2.24, 2.45) is 4.99 Å². The lowest BCUT2D eigenvalue weighted by Crippen LogP contribution is -2.37. The van der Waals surface area contributed by atoms with E-state index in [2.05, 4.69) is 57.4 Å². The molecular formula is C15H22N4S2. The van der Waals surface area contributed by atoms with Crippen LogP contribution in [0.1, 0.15) is 35.3 Å². The Labute approximate surface area is 134 Å². The summed E-state index contributed by atoms with van der Waals surface area (Å²) in [4.78, 5) is 10.2. The summed E-state index contributed by atoms with van der Waals surface area (Å²) in [5, 5.41) is 12.0. The van der Waals surface area contributed by atoms with Gasteiger partial charge in [-0.05, 0) is 23.8 Å². The highest BCUT2D eigenvalue weighted by Crippen LogP contribution is 2.17. The zero-order chi connectivity index (χ0) is 15.1. The molecule has 0 amide bonds. The molecule has 0 aliphatic heterocycles. The van der Waals surface area contributed by atoms with Gasteiger partial charge in [-0.15, -0.1) is 22.7 Å². The normalized spacial score (nSPS) is 11.9. The standard InChI is InChI=1S/C15H22N4S2/c1-11(2)13-10-21-14(19-13)9-18-15(16-3)17-7-6-12-5-4-8-20-12/h4-5,8,10-11H,6-7,9H2,1-3H3,(H2,16,17,18). The number of hydrogen-bond acceptors (Lipinski definition) is 4. The molecule has 0 saturated heterocycles. The van der Waals surface area contributed by atoms with Gasteiger partial charge in [0, 0.05) is 23.8 Å². The monoisotopic (exact) mass is 322 g/mol. The molecule has 0 aliphatic carbocycles. The van der Waals surface area contributed by atoms with Crippen LogP contribution in [0.15, 0.2) is 27.9 Å². The molecule has 21 heavy (non-hydrogen) atoms. The lowest BCUT2D eigenvalue weighted by Gasteiger charge is -2.10. The second-order valence-corrected chi connectivity index (χ2v) is 6.98. The summed E-state index contributed by atoms with van der Waals surface area (Å²) >= 11 is 3.49. The van der Waals surface area contributed by atoms with Crippen LogP contribution in [0.2, 0.25) is 0 Å². The third-order valence-corrected chi connectivity index (χ3v) is 4.84. The molecule has 0 saturated carbocycles. The number of nitrogens with one attached hydrogen (secondary N) is 2. The largest absolute Gasteiger partial charge is 0.356 e. The fourth-order valence-corrected chi connectivity index (χ4v) is 3.41. The van der Waals surface area contributed by atoms with Gasteiger partial charge < -0.3 is 10.6 Å². The highest BCUT2D eigenvalue weighted by atomic mass is 32.1. The first kappa shape index (κ1) is 16.0. The number of guanidine groups is 1. The summed E-state index contributed by atoms with van der Waals surface area (Å²) in [6.45, 7) is 5.93. The van der Waals surface area contributed by atoms with Crippen LogP contribution in [0.4, 0.5) is 0 Å². The van der Waals surface area contributed by atoms with Crippen molar-refractivity contribution in [2.75, 3.05) is 13.6 Å². The third-order valence-electron chi connectivity index (χ3n) is 3.04. The zero-order valence-corrected chi connectivity index (χ0v) is 14.4. The lowest BCUT2D eigenvalue weighted by molar-refractivity contribution is 0.781. The highest BCUT2D eigenvalue weighted by Gasteiger charge is 2.06. The predicted molar refractivity (Wildman–Crippen MR) is 92.4 cm³/mol. The molecule has 114 valence electrons. The molecule has 0 radical (unpaired) electrons. The lowest BCUT2D eigenvalue weighted by atomic mass is 10.2. The van der Waals surface area contributed by atoms with E-state index in [0.29, 0.717) is 5.92 Å². The molecule has 0 spiro atoms. The summed E-state index contributed by atoms with van der Waals surface area (Å²) < 4.78 is 0. The van der Waals surface area contributed by atoms with Crippen LogP contribution in [0.3, 0.4) is 0 Å². The Bertz CT molecular complexity index is 558. The number of aliphatic imine (C=N–C) groups is 1. The molecule has 0 atom stereocenters. The van der Waals surface area contributed by atoms with E-state index in [9.17, 15) is 0 Å². The van der Waals surface area contributed by atoms with Gasteiger partial charge in [-0.1, -0.05) is 19.9 Å². The minimum Gasteiger partial charge on any atom is -0.356 e. The highest BCUT2D eigenvalue weighted by molar-refractivity contribution is 7.10. The van der Waals surface area contributed by atoms with E-state index < -0.39 is 0 Å². The van der Waals surface area contributed by atoms with Crippen molar-refractivity contribution in [3.8, 4) is 0 Å². The summed E-state index contributed by atoms with van der Waals surface area (Å²) in [5.41, 5.74) is 1.16. The molecule has 2 heterocycles. The predicted octanol–water partition coefficient (Wildman–Crippen LogP) is 3.24. The molecule has 2 N–H and O–H groups in total. The number of nitrogens with zero attached hydrogens (tertiary/aromatic N) is 2. The van der Waals surface area contributed by atoms with Gasteiger partial charge in [-0.2, -0.15) is 0 Å². The van der Waals surface area contributed by atoms with Gasteiger partial charge in [-0.3, -0.25) is 4.99 Å². The van der Waals surface area contributed by atoms with E-state index in [1.165, 1.54) is 4.88 Å². The first-order valence-electron chi connectivity index (χ1n) is 7.10. The summed E-state index contributed by atoms with van der Waals surface area (Å²) in [6, 6.07) is 4.24. The van der Waals surface area contributed by atoms with Crippen LogP contribution >= 0.6 is 22.7 Å². The Kier molecular flexibility index (Phi) is 6.20. The van der Waals surface area contributed by atoms with Crippen LogP contribution in [-0.4, -0.2) is 24.5 Å². The Morgan fingerprint density at radius 1 is 1.33 bits per heavy atom. The SMILES string of the molecule is CN=C(NCCc1cccs1)NCc1nc(C(C)C)cs1. The van der Waals surface area contributed by atoms with E-state index >= 15 is 0 Å². The minimum absolute atomic E-state index is 0.484. The molecule has 2 aromatic heterocycles. The van der Waals surface area contributed by atoms with Gasteiger partial charge in [0.2, 0.25) is 0 Å². The van der Waals surface area contributed by atoms with Crippen molar-refractivity contribution in [3.05, 3.63) is 38.5 Å². The zero-order valence-electron chi connectivity index (χ0n) is 12.7. The molecule has 6 heteroatoms. The topological polar surface area (TPSA) is 49.3 Å². The maximum absolute atomic E-state index is 4.61. The van der Waals surface area contributed by atoms with Crippen molar-refractivity contribution >= 4 is 28.6 Å². The first-order valence-corrected chi connectivity index (χ1v) is 8.86. The second kappa shape index (κ2) is 8.14. The van der Waals surface area contributed by atoms with Gasteiger partial charge in [0.1, 0.15) is 5.01 Å². The molecule has 0 fully saturated rings. The molecular weight excluding hydrogens is 300 g/mol. The summed E-state index contributed by atoms with van der Waals surface area (Å²) in [5.74, 6) is 1.31. The average Bonchev–Trinajstić information content (AvgIpc) is 3.13. The smallest absolute Gasteiger partial charge is 0.191 e. The molecule has 2 rings (SSSR count). The van der Waals surface area contributed by atoms with Gasteiger partial charge in [-0.25, -0.2) is 4.98 Å². The van der Waals surface area contributed by atoms with Gasteiger partial charge in [0.05, 0.1) is 12.2 Å². The summed E-state index contributed by atoms with van der Waals surface area (Å²) in [7, 11) is 1.79. The van der Waals surface area contributed by atoms with Crippen molar-refractivity contribution < 1.29 is 0 Å². The number of aromatic nitrogens is 1. The number of hydrogen-bond donors (Lipinski definition) is 2. The molecule has 0 aromatic carbocycles. The van der Waals surface area contributed by atoms with Crippen LogP contribution in [-0.2, 0) is 13.0 Å². The van der Waals surface area contributed by atoms with Crippen LogP contribution in [0.5, 0.6) is 0 Å². The Morgan fingerprint density at radius 2 is 2.19 bits per heavy atom. The molecule has 4 nitrogen and oxygen atoms in total. The Hall–Kier alpha value is -1.40. The Balaban J connectivity index is 1.74. The number of thiazole rings is 1. The minimum atomic E-state index is 0.484. The maximum atomic E-state index is 4.61.